The first-order chi connectivity index (χ1) is 19.8. The zero-order valence-corrected chi connectivity index (χ0v) is 21.4. The van der Waals surface area contributed by atoms with Crippen molar-refractivity contribution in [2.75, 3.05) is 0 Å². The maximum Gasteiger partial charge on any atom is 0.335 e. The second kappa shape index (κ2) is 9.38. The maximum absolute atomic E-state index is 11.6. The molecule has 0 aliphatic rings. The van der Waals surface area contributed by atoms with Crippen LogP contribution in [0.2, 0.25) is 0 Å². The molecule has 0 atom stereocenters. The molecule has 4 aromatic carbocycles. The zero-order chi connectivity index (χ0) is 29.0. The summed E-state index contributed by atoms with van der Waals surface area (Å²) in [6, 6.07) is 13.1. The van der Waals surface area contributed by atoms with Gasteiger partial charge in [-0.05, 0) is 54.6 Å². The minimum atomic E-state index is -1.12. The second-order valence-corrected chi connectivity index (χ2v) is 8.79. The van der Waals surface area contributed by atoms with Crippen LogP contribution < -0.4 is 0 Å². The molecule has 7 rings (SSSR count). The van der Waals surface area contributed by atoms with Crippen LogP contribution in [-0.2, 0) is 0 Å². The van der Waals surface area contributed by atoms with Gasteiger partial charge in [-0.1, -0.05) is 13.8 Å². The maximum atomic E-state index is 11.6. The van der Waals surface area contributed by atoms with Gasteiger partial charge in [0.1, 0.15) is 33.1 Å². The van der Waals surface area contributed by atoms with Crippen LogP contribution in [0, 0.1) is 0 Å². The van der Waals surface area contributed by atoms with E-state index < -0.39 is 17.9 Å². The van der Waals surface area contributed by atoms with Gasteiger partial charge in [-0.3, -0.25) is 0 Å². The van der Waals surface area contributed by atoms with Crippen molar-refractivity contribution in [3.05, 3.63) is 71.3 Å². The molecule has 200 valence electrons. The highest BCUT2D eigenvalue weighted by Gasteiger charge is 2.20. The molecule has 0 spiro atoms. The van der Waals surface area contributed by atoms with Crippen molar-refractivity contribution in [1.29, 1.82) is 0 Å². The van der Waals surface area contributed by atoms with E-state index in [-0.39, 0.29) is 27.7 Å². The average molecular weight is 546 g/mol. The molecule has 0 fully saturated rings. The fourth-order valence-electron chi connectivity index (χ4n) is 4.55. The Morgan fingerprint density at radius 2 is 0.634 bits per heavy atom. The van der Waals surface area contributed by atoms with E-state index in [4.69, 9.17) is 24.9 Å². The van der Waals surface area contributed by atoms with Gasteiger partial charge >= 0.3 is 17.9 Å². The molecule has 0 radical (unpaired) electrons. The first kappa shape index (κ1) is 25.4. The smallest absolute Gasteiger partial charge is 0.335 e. The fraction of sp³-hybridized carbons (Fsp3) is 0.0690. The minimum absolute atomic E-state index is 0.0239. The first-order valence-electron chi connectivity index (χ1n) is 12.4. The lowest BCUT2D eigenvalue weighted by molar-refractivity contribution is 0.0686. The molecule has 3 N–H and O–H groups in total. The van der Waals surface area contributed by atoms with Crippen LogP contribution in [0.3, 0.4) is 0 Å². The fourth-order valence-corrected chi connectivity index (χ4v) is 4.55. The van der Waals surface area contributed by atoms with E-state index in [1.54, 1.807) is 12.1 Å². The van der Waals surface area contributed by atoms with Gasteiger partial charge in [0.2, 0.25) is 0 Å². The average Bonchev–Trinajstić information content (AvgIpc) is 2.98. The highest BCUT2D eigenvalue weighted by Crippen LogP contribution is 2.33. The lowest BCUT2D eigenvalue weighted by Crippen LogP contribution is -2.02. The summed E-state index contributed by atoms with van der Waals surface area (Å²) in [6.07, 6.45) is 0. The molecular formula is C29H18N6O6. The van der Waals surface area contributed by atoms with Crippen LogP contribution in [0.1, 0.15) is 44.9 Å². The van der Waals surface area contributed by atoms with E-state index >= 15 is 0 Å². The van der Waals surface area contributed by atoms with Crippen molar-refractivity contribution in [3.63, 3.8) is 0 Å². The number of aromatic carboxylic acids is 3. The Morgan fingerprint density at radius 1 is 0.415 bits per heavy atom. The van der Waals surface area contributed by atoms with E-state index in [1.165, 1.54) is 42.5 Å². The van der Waals surface area contributed by atoms with E-state index in [9.17, 15) is 29.7 Å². The molecule has 41 heavy (non-hydrogen) atoms. The van der Waals surface area contributed by atoms with E-state index in [1.807, 2.05) is 13.8 Å². The van der Waals surface area contributed by atoms with Crippen molar-refractivity contribution in [1.82, 2.24) is 29.9 Å². The Morgan fingerprint density at radius 3 is 0.854 bits per heavy atom. The van der Waals surface area contributed by atoms with E-state index in [0.29, 0.717) is 55.2 Å². The third-order valence-corrected chi connectivity index (χ3v) is 6.41. The molecule has 0 saturated carbocycles. The Labute approximate surface area is 229 Å². The Hall–Kier alpha value is -5.91. The molecule has 0 aliphatic heterocycles. The molecular weight excluding hydrogens is 528 g/mol. The van der Waals surface area contributed by atoms with Crippen molar-refractivity contribution in [2.45, 2.75) is 13.8 Å². The monoisotopic (exact) mass is 546 g/mol. The van der Waals surface area contributed by atoms with Gasteiger partial charge in [0.25, 0.3) is 0 Å². The Kier molecular flexibility index (Phi) is 5.80. The highest BCUT2D eigenvalue weighted by atomic mass is 16.4. The standard InChI is InChI=1S/C27H12N6O6.C2H6/c34-25(35)10-1-4-13-16(7-10)31-22-19(28-13)20-23(32-17-8-11(26(36)37)2-5-14(17)29-20)24-21(22)30-15-6-3-12(27(38)39)9-18(15)33-24;1-2/h1-9H,(H,34,35)(H,36,37)(H,38,39);1-2H3. The summed E-state index contributed by atoms with van der Waals surface area (Å²) in [5.41, 5.74) is 4.08. The number of hydrogen-bond donors (Lipinski definition) is 3. The molecule has 7 aromatic rings. The molecule has 0 bridgehead atoms. The van der Waals surface area contributed by atoms with Crippen LogP contribution in [0.15, 0.2) is 54.6 Å². The van der Waals surface area contributed by atoms with Gasteiger partial charge in [-0.25, -0.2) is 44.3 Å². The molecule has 12 heteroatoms. The van der Waals surface area contributed by atoms with Gasteiger partial charge in [0.05, 0.1) is 49.8 Å². The SMILES string of the molecule is CC.O=C(O)c1ccc2nc3c4nc5ccc(C(=O)O)cc5nc4c4nc5cc(C(=O)O)ccc5nc4c3nc2c1. The summed E-state index contributed by atoms with van der Waals surface area (Å²) >= 11 is 0. The first-order valence-corrected chi connectivity index (χ1v) is 12.4. The van der Waals surface area contributed by atoms with Crippen LogP contribution in [0.4, 0.5) is 0 Å². The Balaban J connectivity index is 0.00000148. The van der Waals surface area contributed by atoms with Gasteiger partial charge in [-0.2, -0.15) is 0 Å². The lowest BCUT2D eigenvalue weighted by Gasteiger charge is -2.11. The summed E-state index contributed by atoms with van der Waals surface area (Å²) in [4.78, 5) is 62.9. The zero-order valence-electron chi connectivity index (χ0n) is 21.4. The highest BCUT2D eigenvalue weighted by molar-refractivity contribution is 6.21. The van der Waals surface area contributed by atoms with Crippen LogP contribution in [0.5, 0.6) is 0 Å². The predicted molar refractivity (Wildman–Crippen MR) is 150 cm³/mol. The molecule has 0 amide bonds. The molecule has 3 heterocycles. The van der Waals surface area contributed by atoms with Crippen LogP contribution in [-0.4, -0.2) is 63.1 Å². The third kappa shape index (κ3) is 4.05. The predicted octanol–water partition coefficient (Wildman–Crippen LogP) is 5.10. The number of rotatable bonds is 3. The summed E-state index contributed by atoms with van der Waals surface area (Å²) in [6.45, 7) is 4.00. The minimum Gasteiger partial charge on any atom is -0.478 e. The summed E-state index contributed by atoms with van der Waals surface area (Å²) < 4.78 is 0. The number of aromatic nitrogens is 6. The number of carboxylic acids is 3. The number of benzene rings is 4. The lowest BCUT2D eigenvalue weighted by atomic mass is 10.1. The third-order valence-electron chi connectivity index (χ3n) is 6.41. The Bertz CT molecular complexity index is 2290. The summed E-state index contributed by atoms with van der Waals surface area (Å²) in [7, 11) is 0. The number of carboxylic acid groups (broad SMARTS) is 3. The van der Waals surface area contributed by atoms with Crippen molar-refractivity contribution in [3.8, 4) is 0 Å². The molecule has 0 aliphatic carbocycles. The number of fused-ring (bicyclic) bond motifs is 9. The van der Waals surface area contributed by atoms with Gasteiger partial charge in [-0.15, -0.1) is 0 Å². The summed E-state index contributed by atoms with van der Waals surface area (Å²) in [5, 5.41) is 28.3. The van der Waals surface area contributed by atoms with E-state index in [2.05, 4.69) is 4.98 Å². The number of nitrogens with zero attached hydrogens (tertiary/aromatic N) is 6. The van der Waals surface area contributed by atoms with Gasteiger partial charge < -0.3 is 15.3 Å². The topological polar surface area (TPSA) is 189 Å². The number of hydrogen-bond acceptors (Lipinski definition) is 9. The second-order valence-electron chi connectivity index (χ2n) is 8.79. The van der Waals surface area contributed by atoms with Crippen molar-refractivity contribution >= 4 is 84.1 Å². The molecule has 12 nitrogen and oxygen atoms in total. The van der Waals surface area contributed by atoms with Crippen LogP contribution in [0.25, 0.3) is 66.2 Å². The van der Waals surface area contributed by atoms with Gasteiger partial charge in [0.15, 0.2) is 0 Å². The normalized spacial score (nSPS) is 11.3. The van der Waals surface area contributed by atoms with E-state index in [0.717, 1.165) is 0 Å². The van der Waals surface area contributed by atoms with Crippen molar-refractivity contribution < 1.29 is 29.7 Å². The molecule has 0 saturated heterocycles. The summed E-state index contributed by atoms with van der Waals surface area (Å²) in [5.74, 6) is -3.35. The van der Waals surface area contributed by atoms with Gasteiger partial charge in [0, 0.05) is 0 Å². The number of carbonyl (C=O) groups is 3. The molecule has 3 aromatic heterocycles. The molecule has 0 unspecified atom stereocenters. The van der Waals surface area contributed by atoms with Crippen molar-refractivity contribution in [2.24, 2.45) is 0 Å². The van der Waals surface area contributed by atoms with Crippen LogP contribution >= 0.6 is 0 Å². The largest absolute Gasteiger partial charge is 0.478 e. The quantitative estimate of drug-likeness (QED) is 0.197.